The lowest BCUT2D eigenvalue weighted by Gasteiger charge is -2.17. The van der Waals surface area contributed by atoms with Gasteiger partial charge in [0, 0.05) is 0 Å². The number of hydrogen-bond acceptors (Lipinski definition) is 3. The maximum absolute atomic E-state index is 11.5. The molecule has 3 N–H and O–H groups in total. The number of carbonyl (C=O) groups excluding carboxylic acids is 1. The van der Waals surface area contributed by atoms with Crippen LogP contribution in [0.2, 0.25) is 5.02 Å². The number of para-hydroxylation sites is 1. The number of aryl methyl sites for hydroxylation is 1. The maximum atomic E-state index is 11.5. The number of rotatable bonds is 2. The van der Waals surface area contributed by atoms with E-state index in [2.05, 4.69) is 15.2 Å². The number of H-pyrrole nitrogens is 1. The number of primary amides is 1. The van der Waals surface area contributed by atoms with E-state index in [9.17, 15) is 4.79 Å². The molecule has 1 aromatic heterocycles. The molecule has 1 heterocycles. The summed E-state index contributed by atoms with van der Waals surface area (Å²) in [6, 6.07) is 6.13. The van der Waals surface area contributed by atoms with Crippen LogP contribution in [0.1, 0.15) is 5.82 Å². The minimum atomic E-state index is -0.697. The van der Waals surface area contributed by atoms with Crippen molar-refractivity contribution in [3.05, 3.63) is 35.1 Å². The number of carbonyl (C=O) groups is 1. The topological polar surface area (TPSA) is 87.9 Å². The minimum absolute atomic E-state index is 0.170. The van der Waals surface area contributed by atoms with E-state index in [1.807, 2.05) is 0 Å². The predicted molar refractivity (Wildman–Crippen MR) is 64.3 cm³/mol. The second-order valence-electron chi connectivity index (χ2n) is 3.35. The van der Waals surface area contributed by atoms with Crippen molar-refractivity contribution in [1.82, 2.24) is 15.2 Å². The standard InChI is InChI=1S/C10H10ClN5O/c1-6-13-10(15-14-6)16(9(12)17)8-5-3-2-4-7(8)11/h2-5H,1H3,(H2,12,17)(H,13,14,15). The van der Waals surface area contributed by atoms with Crippen LogP contribution in [0.4, 0.5) is 16.4 Å². The molecular weight excluding hydrogens is 242 g/mol. The van der Waals surface area contributed by atoms with Crippen molar-refractivity contribution in [2.45, 2.75) is 6.92 Å². The third-order valence-electron chi connectivity index (χ3n) is 2.10. The Bertz CT molecular complexity index is 553. The summed E-state index contributed by atoms with van der Waals surface area (Å²) in [5.41, 5.74) is 5.76. The van der Waals surface area contributed by atoms with Crippen molar-refractivity contribution in [2.75, 3.05) is 4.90 Å². The lowest BCUT2D eigenvalue weighted by Crippen LogP contribution is -2.32. The molecule has 2 amide bonds. The molecule has 2 aromatic rings. The molecule has 0 aliphatic carbocycles. The lowest BCUT2D eigenvalue weighted by atomic mass is 10.3. The number of benzene rings is 1. The normalized spacial score (nSPS) is 10.2. The Hall–Kier alpha value is -2.08. The lowest BCUT2D eigenvalue weighted by molar-refractivity contribution is 0.256. The first-order valence-electron chi connectivity index (χ1n) is 4.82. The quantitative estimate of drug-likeness (QED) is 0.855. The highest BCUT2D eigenvalue weighted by atomic mass is 35.5. The summed E-state index contributed by atoms with van der Waals surface area (Å²) in [4.78, 5) is 16.7. The number of hydrogen-bond donors (Lipinski definition) is 2. The van der Waals surface area contributed by atoms with Crippen LogP contribution in [0.15, 0.2) is 24.3 Å². The Balaban J connectivity index is 2.50. The van der Waals surface area contributed by atoms with Gasteiger partial charge < -0.3 is 5.73 Å². The number of nitrogens with two attached hydrogens (primary N) is 1. The van der Waals surface area contributed by atoms with Gasteiger partial charge >= 0.3 is 6.03 Å². The van der Waals surface area contributed by atoms with Gasteiger partial charge in [0.25, 0.3) is 5.95 Å². The highest BCUT2D eigenvalue weighted by molar-refractivity contribution is 6.34. The van der Waals surface area contributed by atoms with Gasteiger partial charge in [-0.3, -0.25) is 5.10 Å². The number of anilines is 2. The summed E-state index contributed by atoms with van der Waals surface area (Å²) in [5.74, 6) is 0.751. The van der Waals surface area contributed by atoms with Crippen molar-refractivity contribution in [3.8, 4) is 0 Å². The van der Waals surface area contributed by atoms with E-state index in [0.29, 0.717) is 16.5 Å². The molecule has 17 heavy (non-hydrogen) atoms. The van der Waals surface area contributed by atoms with Gasteiger partial charge in [-0.25, -0.2) is 9.69 Å². The summed E-state index contributed by atoms with van der Waals surface area (Å²) < 4.78 is 0. The number of nitrogens with one attached hydrogen (secondary N) is 1. The van der Waals surface area contributed by atoms with Gasteiger partial charge in [0.05, 0.1) is 10.7 Å². The minimum Gasteiger partial charge on any atom is -0.351 e. The van der Waals surface area contributed by atoms with Gasteiger partial charge in [0.1, 0.15) is 5.82 Å². The molecule has 6 nitrogen and oxygen atoms in total. The Morgan fingerprint density at radius 1 is 1.47 bits per heavy atom. The second-order valence-corrected chi connectivity index (χ2v) is 3.75. The molecule has 88 valence electrons. The molecule has 0 fully saturated rings. The van der Waals surface area contributed by atoms with Gasteiger partial charge in [-0.05, 0) is 19.1 Å². The van der Waals surface area contributed by atoms with E-state index in [0.717, 1.165) is 4.90 Å². The third-order valence-corrected chi connectivity index (χ3v) is 2.42. The number of halogens is 1. The van der Waals surface area contributed by atoms with E-state index >= 15 is 0 Å². The van der Waals surface area contributed by atoms with Crippen LogP contribution in [-0.2, 0) is 0 Å². The Morgan fingerprint density at radius 2 is 2.18 bits per heavy atom. The number of urea groups is 1. The van der Waals surface area contributed by atoms with Gasteiger partial charge in [-0.1, -0.05) is 23.7 Å². The van der Waals surface area contributed by atoms with Crippen molar-refractivity contribution >= 4 is 29.3 Å². The summed E-state index contributed by atoms with van der Waals surface area (Å²) in [6.45, 7) is 1.72. The smallest absolute Gasteiger partial charge is 0.326 e. The average Bonchev–Trinajstić information content (AvgIpc) is 2.68. The monoisotopic (exact) mass is 251 g/mol. The van der Waals surface area contributed by atoms with Crippen molar-refractivity contribution < 1.29 is 4.79 Å². The van der Waals surface area contributed by atoms with Crippen molar-refractivity contribution in [3.63, 3.8) is 0 Å². The summed E-state index contributed by atoms with van der Waals surface area (Å²) >= 11 is 6.00. The molecule has 1 aromatic carbocycles. The summed E-state index contributed by atoms with van der Waals surface area (Å²) in [6.07, 6.45) is 0. The number of aromatic nitrogens is 3. The van der Waals surface area contributed by atoms with Crippen LogP contribution in [0.5, 0.6) is 0 Å². The van der Waals surface area contributed by atoms with Gasteiger partial charge in [-0.2, -0.15) is 4.98 Å². The molecule has 0 radical (unpaired) electrons. The molecule has 0 aliphatic heterocycles. The van der Waals surface area contributed by atoms with E-state index in [-0.39, 0.29) is 5.95 Å². The molecule has 0 spiro atoms. The Labute approximate surface area is 102 Å². The zero-order valence-electron chi connectivity index (χ0n) is 9.01. The van der Waals surface area contributed by atoms with E-state index in [4.69, 9.17) is 17.3 Å². The molecule has 0 saturated carbocycles. The van der Waals surface area contributed by atoms with Crippen molar-refractivity contribution in [1.29, 1.82) is 0 Å². The average molecular weight is 252 g/mol. The molecular formula is C10H10ClN5O. The molecule has 0 unspecified atom stereocenters. The van der Waals surface area contributed by atoms with E-state index < -0.39 is 6.03 Å². The zero-order valence-corrected chi connectivity index (χ0v) is 9.77. The first-order chi connectivity index (χ1) is 8.09. The molecule has 0 bridgehead atoms. The number of aromatic amines is 1. The fourth-order valence-corrected chi connectivity index (χ4v) is 1.61. The van der Waals surface area contributed by atoms with Crippen LogP contribution in [0.3, 0.4) is 0 Å². The highest BCUT2D eigenvalue weighted by Gasteiger charge is 2.21. The van der Waals surface area contributed by atoms with Gasteiger partial charge in [-0.15, -0.1) is 5.10 Å². The van der Waals surface area contributed by atoms with Crippen LogP contribution in [0.25, 0.3) is 0 Å². The fraction of sp³-hybridized carbons (Fsp3) is 0.100. The van der Waals surface area contributed by atoms with Crippen molar-refractivity contribution in [2.24, 2.45) is 5.73 Å². The molecule has 2 rings (SSSR count). The van der Waals surface area contributed by atoms with Crippen LogP contribution >= 0.6 is 11.6 Å². The maximum Gasteiger partial charge on any atom is 0.326 e. The molecule has 0 atom stereocenters. The third kappa shape index (κ3) is 2.21. The fourth-order valence-electron chi connectivity index (χ4n) is 1.39. The molecule has 0 saturated heterocycles. The first-order valence-corrected chi connectivity index (χ1v) is 5.20. The summed E-state index contributed by atoms with van der Waals surface area (Å²) in [5, 5.41) is 6.92. The zero-order chi connectivity index (χ0) is 12.4. The van der Waals surface area contributed by atoms with Gasteiger partial charge in [0.2, 0.25) is 0 Å². The highest BCUT2D eigenvalue weighted by Crippen LogP contribution is 2.29. The van der Waals surface area contributed by atoms with E-state index in [1.54, 1.807) is 31.2 Å². The number of nitrogens with zero attached hydrogens (tertiary/aromatic N) is 3. The van der Waals surface area contributed by atoms with Gasteiger partial charge in [0.15, 0.2) is 0 Å². The van der Waals surface area contributed by atoms with Crippen LogP contribution in [0, 0.1) is 6.92 Å². The predicted octanol–water partition coefficient (Wildman–Crippen LogP) is 1.98. The largest absolute Gasteiger partial charge is 0.351 e. The number of amides is 2. The Kier molecular flexibility index (Phi) is 2.97. The molecule has 7 heteroatoms. The Morgan fingerprint density at radius 3 is 2.71 bits per heavy atom. The molecule has 0 aliphatic rings. The summed E-state index contributed by atoms with van der Waals surface area (Å²) in [7, 11) is 0. The second kappa shape index (κ2) is 4.42. The van der Waals surface area contributed by atoms with Crippen LogP contribution in [-0.4, -0.2) is 21.2 Å². The van der Waals surface area contributed by atoms with Crippen LogP contribution < -0.4 is 10.6 Å². The van der Waals surface area contributed by atoms with E-state index in [1.165, 1.54) is 0 Å². The first kappa shape index (κ1) is 11.4. The SMILES string of the molecule is Cc1nc(N(C(N)=O)c2ccccc2Cl)n[nH]1.